The number of imide groups is 1. The Morgan fingerprint density at radius 2 is 1.96 bits per heavy atom. The van der Waals surface area contributed by atoms with Crippen LogP contribution < -0.4 is 14.4 Å². The molecule has 0 unspecified atom stereocenters. The molecule has 144 valence electrons. The van der Waals surface area contributed by atoms with E-state index in [1.165, 1.54) is 7.11 Å². The van der Waals surface area contributed by atoms with Gasteiger partial charge in [-0.05, 0) is 75.7 Å². The van der Waals surface area contributed by atoms with Gasteiger partial charge in [0.05, 0.1) is 22.2 Å². The number of halogens is 2. The van der Waals surface area contributed by atoms with Crippen LogP contribution in [0.4, 0.5) is 10.5 Å². The number of amides is 2. The number of carbonyl (C=O) groups excluding carboxylic acids is 2. The zero-order valence-corrected chi connectivity index (χ0v) is 17.9. The highest BCUT2D eigenvalue weighted by atomic mass is 79.9. The second kappa shape index (κ2) is 8.86. The van der Waals surface area contributed by atoms with E-state index >= 15 is 0 Å². The molecule has 2 amide bonds. The molecule has 0 bridgehead atoms. The molecule has 2 aromatic carbocycles. The van der Waals surface area contributed by atoms with Crippen molar-refractivity contribution >= 4 is 62.2 Å². The highest BCUT2D eigenvalue weighted by Gasteiger charge is 2.36. The van der Waals surface area contributed by atoms with Gasteiger partial charge in [-0.15, -0.1) is 0 Å². The first kappa shape index (κ1) is 20.5. The van der Waals surface area contributed by atoms with Crippen LogP contribution in [0.1, 0.15) is 5.56 Å². The maximum Gasteiger partial charge on any atom is 0.298 e. The molecule has 0 aliphatic carbocycles. The van der Waals surface area contributed by atoms with Crippen molar-refractivity contribution in [3.8, 4) is 11.5 Å². The fraction of sp³-hybridized carbons (Fsp3) is 0.100. The van der Waals surface area contributed by atoms with Crippen LogP contribution >= 0.6 is 39.3 Å². The lowest BCUT2D eigenvalue weighted by Gasteiger charge is -2.13. The third-order valence-electron chi connectivity index (χ3n) is 3.77. The molecule has 0 atom stereocenters. The van der Waals surface area contributed by atoms with Crippen LogP contribution in [0.25, 0.3) is 6.08 Å². The first-order chi connectivity index (χ1) is 13.4. The van der Waals surface area contributed by atoms with Crippen molar-refractivity contribution in [2.75, 3.05) is 18.6 Å². The van der Waals surface area contributed by atoms with E-state index in [1.807, 2.05) is 0 Å². The first-order valence-corrected chi connectivity index (χ1v) is 10.1. The van der Waals surface area contributed by atoms with Crippen molar-refractivity contribution in [2.24, 2.45) is 0 Å². The maximum atomic E-state index is 12.8. The standard InChI is InChI=1S/C20H15BrClNO4S/c1-3-8-27-18-15(21)9-12(10-16(18)26-2)11-17-19(24)23(20(25)28-17)14-6-4-13(22)5-7-14/h3-7,9-11H,1,8H2,2H3/b17-11-. The molecule has 0 aromatic heterocycles. The van der Waals surface area contributed by atoms with E-state index in [0.29, 0.717) is 43.8 Å². The third-order valence-corrected chi connectivity index (χ3v) is 5.48. The van der Waals surface area contributed by atoms with Gasteiger partial charge in [0.2, 0.25) is 0 Å². The van der Waals surface area contributed by atoms with Gasteiger partial charge in [-0.2, -0.15) is 0 Å². The SMILES string of the molecule is C=CCOc1c(Br)cc(/C=C2\SC(=O)N(c3ccc(Cl)cc3)C2=O)cc1OC. The fourth-order valence-corrected chi connectivity index (χ4v) is 4.08. The van der Waals surface area contributed by atoms with Gasteiger partial charge in [0, 0.05) is 5.02 Å². The molecular formula is C20H15BrClNO4S. The van der Waals surface area contributed by atoms with Crippen molar-refractivity contribution in [3.05, 3.63) is 69.0 Å². The minimum atomic E-state index is -0.389. The van der Waals surface area contributed by atoms with E-state index in [4.69, 9.17) is 21.1 Å². The summed E-state index contributed by atoms with van der Waals surface area (Å²) < 4.78 is 11.6. The van der Waals surface area contributed by atoms with Crippen molar-refractivity contribution in [1.82, 2.24) is 0 Å². The molecular weight excluding hydrogens is 466 g/mol. The number of thioether (sulfide) groups is 1. The number of ether oxygens (including phenoxy) is 2. The minimum absolute atomic E-state index is 0.314. The zero-order valence-electron chi connectivity index (χ0n) is 14.8. The second-order valence-electron chi connectivity index (χ2n) is 5.63. The third kappa shape index (κ3) is 4.27. The van der Waals surface area contributed by atoms with E-state index in [-0.39, 0.29) is 11.1 Å². The predicted molar refractivity (Wildman–Crippen MR) is 116 cm³/mol. The van der Waals surface area contributed by atoms with Crippen LogP contribution in [0.2, 0.25) is 5.02 Å². The zero-order chi connectivity index (χ0) is 20.3. The highest BCUT2D eigenvalue weighted by Crippen LogP contribution is 2.40. The van der Waals surface area contributed by atoms with Gasteiger partial charge in [0.1, 0.15) is 6.61 Å². The number of nitrogens with zero attached hydrogens (tertiary/aromatic N) is 1. The number of rotatable bonds is 6. The van der Waals surface area contributed by atoms with Crippen LogP contribution in [0.3, 0.4) is 0 Å². The molecule has 1 fully saturated rings. The van der Waals surface area contributed by atoms with Crippen LogP contribution in [0.15, 0.2) is 58.4 Å². The lowest BCUT2D eigenvalue weighted by Crippen LogP contribution is -2.27. The number of hydrogen-bond donors (Lipinski definition) is 0. The number of benzene rings is 2. The van der Waals surface area contributed by atoms with E-state index < -0.39 is 0 Å². The lowest BCUT2D eigenvalue weighted by molar-refractivity contribution is -0.113. The second-order valence-corrected chi connectivity index (χ2v) is 7.91. The van der Waals surface area contributed by atoms with Crippen molar-refractivity contribution in [2.45, 2.75) is 0 Å². The summed E-state index contributed by atoms with van der Waals surface area (Å²) in [6, 6.07) is 10.1. The minimum Gasteiger partial charge on any atom is -0.493 e. The summed E-state index contributed by atoms with van der Waals surface area (Å²) in [5.41, 5.74) is 1.17. The first-order valence-electron chi connectivity index (χ1n) is 8.09. The molecule has 0 N–H and O–H groups in total. The van der Waals surface area contributed by atoms with Gasteiger partial charge >= 0.3 is 0 Å². The molecule has 28 heavy (non-hydrogen) atoms. The molecule has 0 radical (unpaired) electrons. The van der Waals surface area contributed by atoms with Crippen LogP contribution in [-0.4, -0.2) is 24.9 Å². The number of anilines is 1. The van der Waals surface area contributed by atoms with E-state index in [9.17, 15) is 9.59 Å². The lowest BCUT2D eigenvalue weighted by atomic mass is 10.1. The largest absolute Gasteiger partial charge is 0.493 e. The van der Waals surface area contributed by atoms with Crippen LogP contribution in [0.5, 0.6) is 11.5 Å². The number of methoxy groups -OCH3 is 1. The van der Waals surface area contributed by atoms with Gasteiger partial charge in [0.15, 0.2) is 11.5 Å². The summed E-state index contributed by atoms with van der Waals surface area (Å²) in [6.45, 7) is 3.95. The Labute approximate surface area is 180 Å². The Kier molecular flexibility index (Phi) is 6.49. The maximum absolute atomic E-state index is 12.8. The number of hydrogen-bond acceptors (Lipinski definition) is 5. The Morgan fingerprint density at radius 3 is 2.61 bits per heavy atom. The van der Waals surface area contributed by atoms with Crippen molar-refractivity contribution in [1.29, 1.82) is 0 Å². The van der Waals surface area contributed by atoms with Gasteiger partial charge in [-0.25, -0.2) is 4.90 Å². The molecule has 1 heterocycles. The number of carbonyl (C=O) groups is 2. The summed E-state index contributed by atoms with van der Waals surface area (Å²) in [5, 5.41) is 0.164. The molecule has 0 saturated carbocycles. The average Bonchev–Trinajstić information content (AvgIpc) is 2.94. The molecule has 1 aliphatic heterocycles. The fourth-order valence-electron chi connectivity index (χ4n) is 2.54. The van der Waals surface area contributed by atoms with Crippen molar-refractivity contribution < 1.29 is 19.1 Å². The van der Waals surface area contributed by atoms with Gasteiger partial charge < -0.3 is 9.47 Å². The highest BCUT2D eigenvalue weighted by molar-refractivity contribution is 9.10. The summed E-state index contributed by atoms with van der Waals surface area (Å²) in [4.78, 5) is 26.6. The normalized spacial score (nSPS) is 15.2. The average molecular weight is 481 g/mol. The molecule has 0 spiro atoms. The van der Waals surface area contributed by atoms with E-state index in [0.717, 1.165) is 16.7 Å². The van der Waals surface area contributed by atoms with Crippen LogP contribution in [0, 0.1) is 0 Å². The van der Waals surface area contributed by atoms with E-state index in [2.05, 4.69) is 22.5 Å². The Morgan fingerprint density at radius 1 is 1.25 bits per heavy atom. The molecule has 5 nitrogen and oxygen atoms in total. The Bertz CT molecular complexity index is 975. The topological polar surface area (TPSA) is 55.8 Å². The molecule has 3 rings (SSSR count). The van der Waals surface area contributed by atoms with Gasteiger partial charge in [-0.3, -0.25) is 9.59 Å². The smallest absolute Gasteiger partial charge is 0.298 e. The molecule has 1 saturated heterocycles. The van der Waals surface area contributed by atoms with Gasteiger partial charge in [0.25, 0.3) is 11.1 Å². The summed E-state index contributed by atoms with van der Waals surface area (Å²) in [5.74, 6) is 0.646. The molecule has 8 heteroatoms. The Hall–Kier alpha value is -2.22. The van der Waals surface area contributed by atoms with Gasteiger partial charge in [-0.1, -0.05) is 24.3 Å². The summed E-state index contributed by atoms with van der Waals surface area (Å²) >= 11 is 10.2. The predicted octanol–water partition coefficient (Wildman–Crippen LogP) is 5.92. The molecule has 2 aromatic rings. The van der Waals surface area contributed by atoms with Crippen molar-refractivity contribution in [3.63, 3.8) is 0 Å². The summed E-state index contributed by atoms with van der Waals surface area (Å²) in [7, 11) is 1.53. The van der Waals surface area contributed by atoms with Crippen LogP contribution in [-0.2, 0) is 4.79 Å². The Balaban J connectivity index is 1.92. The monoisotopic (exact) mass is 479 g/mol. The summed E-state index contributed by atoms with van der Waals surface area (Å²) in [6.07, 6.45) is 3.28. The quantitative estimate of drug-likeness (QED) is 0.380. The molecule has 1 aliphatic rings. The van der Waals surface area contributed by atoms with E-state index in [1.54, 1.807) is 48.6 Å².